The molecule has 0 bridgehead atoms. The fourth-order valence-corrected chi connectivity index (χ4v) is 2.17. The second-order valence-corrected chi connectivity index (χ2v) is 5.58. The Morgan fingerprint density at radius 2 is 1.86 bits per heavy atom. The van der Waals surface area contributed by atoms with Crippen molar-refractivity contribution < 1.29 is 4.92 Å². The molecule has 0 saturated carbocycles. The zero-order valence-corrected chi connectivity index (χ0v) is 12.7. The van der Waals surface area contributed by atoms with Gasteiger partial charge in [-0.1, -0.05) is 49.7 Å². The third-order valence-electron chi connectivity index (χ3n) is 3.29. The third-order valence-corrected chi connectivity index (χ3v) is 3.61. The van der Waals surface area contributed by atoms with Gasteiger partial charge in [0.25, 0.3) is 5.69 Å². The Morgan fingerprint density at radius 3 is 2.43 bits per heavy atom. The Kier molecular flexibility index (Phi) is 4.81. The van der Waals surface area contributed by atoms with Crippen LogP contribution in [0.4, 0.5) is 11.4 Å². The summed E-state index contributed by atoms with van der Waals surface area (Å²) in [4.78, 5) is 10.4. The highest BCUT2D eigenvalue weighted by Crippen LogP contribution is 2.27. The van der Waals surface area contributed by atoms with Gasteiger partial charge in [-0.3, -0.25) is 10.1 Å². The molecule has 0 spiro atoms. The zero-order valence-electron chi connectivity index (χ0n) is 12.0. The van der Waals surface area contributed by atoms with Gasteiger partial charge in [0, 0.05) is 18.3 Å². The number of nitrogens with zero attached hydrogens (tertiary/aromatic N) is 1. The average molecular weight is 305 g/mol. The molecule has 2 aromatic carbocycles. The largest absolute Gasteiger partial charge is 0.381 e. The summed E-state index contributed by atoms with van der Waals surface area (Å²) in [6.07, 6.45) is 0. The fraction of sp³-hybridized carbons (Fsp3) is 0.250. The van der Waals surface area contributed by atoms with Crippen LogP contribution in [0, 0.1) is 10.1 Å². The Hall–Kier alpha value is -2.07. The highest BCUT2D eigenvalue weighted by atomic mass is 35.5. The van der Waals surface area contributed by atoms with Gasteiger partial charge in [-0.2, -0.15) is 0 Å². The van der Waals surface area contributed by atoms with E-state index in [1.807, 2.05) is 0 Å². The van der Waals surface area contributed by atoms with Crippen LogP contribution in [0.2, 0.25) is 5.02 Å². The summed E-state index contributed by atoms with van der Waals surface area (Å²) in [5.74, 6) is 0.505. The quantitative estimate of drug-likeness (QED) is 0.626. The van der Waals surface area contributed by atoms with Gasteiger partial charge in [0.2, 0.25) is 0 Å². The van der Waals surface area contributed by atoms with Crippen molar-refractivity contribution >= 4 is 23.0 Å². The smallest absolute Gasteiger partial charge is 0.289 e. The first-order valence-electron chi connectivity index (χ1n) is 6.74. The number of halogens is 1. The van der Waals surface area contributed by atoms with E-state index in [0.29, 0.717) is 18.2 Å². The van der Waals surface area contributed by atoms with E-state index in [2.05, 4.69) is 43.4 Å². The van der Waals surface area contributed by atoms with E-state index in [1.165, 1.54) is 17.7 Å². The van der Waals surface area contributed by atoms with Gasteiger partial charge in [-0.25, -0.2) is 0 Å². The fourth-order valence-electron chi connectivity index (χ4n) is 1.99. The van der Waals surface area contributed by atoms with Gasteiger partial charge in [-0.15, -0.1) is 0 Å². The predicted molar refractivity (Wildman–Crippen MR) is 86.0 cm³/mol. The molecule has 0 aliphatic carbocycles. The minimum Gasteiger partial charge on any atom is -0.381 e. The molecule has 21 heavy (non-hydrogen) atoms. The van der Waals surface area contributed by atoms with Crippen molar-refractivity contribution in [3.05, 3.63) is 68.7 Å². The molecule has 0 amide bonds. The summed E-state index contributed by atoms with van der Waals surface area (Å²) in [6.45, 7) is 4.91. The van der Waals surface area contributed by atoms with E-state index in [4.69, 9.17) is 11.6 Å². The van der Waals surface area contributed by atoms with Crippen molar-refractivity contribution in [1.82, 2.24) is 0 Å². The minimum atomic E-state index is -0.481. The Morgan fingerprint density at radius 1 is 1.19 bits per heavy atom. The molecule has 0 saturated heterocycles. The van der Waals surface area contributed by atoms with E-state index in [0.717, 1.165) is 5.56 Å². The van der Waals surface area contributed by atoms with Crippen molar-refractivity contribution in [2.45, 2.75) is 26.3 Å². The molecule has 2 rings (SSSR count). The van der Waals surface area contributed by atoms with Gasteiger partial charge >= 0.3 is 0 Å². The molecule has 110 valence electrons. The number of nitro groups is 1. The molecule has 5 heteroatoms. The van der Waals surface area contributed by atoms with Crippen LogP contribution in [0.25, 0.3) is 0 Å². The molecule has 0 aliphatic heterocycles. The zero-order chi connectivity index (χ0) is 15.4. The molecule has 1 N–H and O–H groups in total. The van der Waals surface area contributed by atoms with Gasteiger partial charge in [0.1, 0.15) is 5.02 Å². The molecule has 4 nitrogen and oxygen atoms in total. The number of hydrogen-bond acceptors (Lipinski definition) is 3. The van der Waals surface area contributed by atoms with E-state index in [9.17, 15) is 10.1 Å². The van der Waals surface area contributed by atoms with E-state index in [1.54, 1.807) is 6.07 Å². The summed E-state index contributed by atoms with van der Waals surface area (Å²) in [5, 5.41) is 14.2. The Balaban J connectivity index is 2.06. The number of anilines is 1. The van der Waals surface area contributed by atoms with Crippen LogP contribution in [0.15, 0.2) is 42.5 Å². The lowest BCUT2D eigenvalue weighted by Gasteiger charge is -2.09. The molecular weight excluding hydrogens is 288 g/mol. The topological polar surface area (TPSA) is 55.2 Å². The lowest BCUT2D eigenvalue weighted by atomic mass is 10.0. The number of nitrogens with one attached hydrogen (secondary N) is 1. The van der Waals surface area contributed by atoms with Crippen LogP contribution in [-0.4, -0.2) is 4.92 Å². The maximum absolute atomic E-state index is 10.8. The number of rotatable bonds is 5. The van der Waals surface area contributed by atoms with E-state index in [-0.39, 0.29) is 10.7 Å². The molecule has 0 heterocycles. The van der Waals surface area contributed by atoms with Crippen LogP contribution in [0.3, 0.4) is 0 Å². The van der Waals surface area contributed by atoms with Crippen LogP contribution in [0.1, 0.15) is 30.9 Å². The number of nitro benzene ring substituents is 1. The lowest BCUT2D eigenvalue weighted by Crippen LogP contribution is -2.00. The second-order valence-electron chi connectivity index (χ2n) is 5.17. The Labute approximate surface area is 128 Å². The van der Waals surface area contributed by atoms with Crippen LogP contribution < -0.4 is 5.32 Å². The average Bonchev–Trinajstić information content (AvgIpc) is 2.46. The molecule has 2 aromatic rings. The summed E-state index contributed by atoms with van der Waals surface area (Å²) in [6, 6.07) is 13.0. The molecule has 0 unspecified atom stereocenters. The van der Waals surface area contributed by atoms with Crippen molar-refractivity contribution in [3.8, 4) is 0 Å². The number of hydrogen-bond donors (Lipinski definition) is 1. The summed E-state index contributed by atoms with van der Waals surface area (Å²) in [7, 11) is 0. The summed E-state index contributed by atoms with van der Waals surface area (Å²) in [5.41, 5.74) is 3.01. The van der Waals surface area contributed by atoms with Crippen molar-refractivity contribution in [1.29, 1.82) is 0 Å². The first-order valence-corrected chi connectivity index (χ1v) is 7.12. The van der Waals surface area contributed by atoms with E-state index < -0.39 is 4.92 Å². The maximum atomic E-state index is 10.8. The normalized spacial score (nSPS) is 10.7. The molecule has 0 atom stereocenters. The van der Waals surface area contributed by atoms with Crippen LogP contribution in [0.5, 0.6) is 0 Å². The van der Waals surface area contributed by atoms with E-state index >= 15 is 0 Å². The van der Waals surface area contributed by atoms with Crippen molar-refractivity contribution in [2.24, 2.45) is 0 Å². The summed E-state index contributed by atoms with van der Waals surface area (Å²) < 4.78 is 0. The minimum absolute atomic E-state index is 0.0863. The number of benzene rings is 2. The third kappa shape index (κ3) is 3.95. The highest BCUT2D eigenvalue weighted by Gasteiger charge is 2.12. The molecular formula is C16H17ClN2O2. The van der Waals surface area contributed by atoms with Gasteiger partial charge < -0.3 is 5.32 Å². The SMILES string of the molecule is CC(C)c1ccc(CNc2ccc(Cl)c([N+](=O)[O-])c2)cc1. The van der Waals surface area contributed by atoms with Gasteiger partial charge in [0.15, 0.2) is 0 Å². The molecule has 0 aromatic heterocycles. The van der Waals surface area contributed by atoms with Crippen molar-refractivity contribution in [2.75, 3.05) is 5.32 Å². The molecule has 0 radical (unpaired) electrons. The molecule has 0 aliphatic rings. The first-order chi connectivity index (χ1) is 9.97. The standard InChI is InChI=1S/C16H17ClN2O2/c1-11(2)13-5-3-12(4-6-13)10-18-14-7-8-15(17)16(9-14)19(20)21/h3-9,11,18H,10H2,1-2H3. The second kappa shape index (κ2) is 6.59. The van der Waals surface area contributed by atoms with Gasteiger partial charge in [0.05, 0.1) is 4.92 Å². The highest BCUT2D eigenvalue weighted by molar-refractivity contribution is 6.32. The maximum Gasteiger partial charge on any atom is 0.289 e. The van der Waals surface area contributed by atoms with Crippen LogP contribution >= 0.6 is 11.6 Å². The summed E-state index contributed by atoms with van der Waals surface area (Å²) >= 11 is 5.79. The Bertz CT molecular complexity index is 639. The lowest BCUT2D eigenvalue weighted by molar-refractivity contribution is -0.384. The first kappa shape index (κ1) is 15.3. The van der Waals surface area contributed by atoms with Crippen molar-refractivity contribution in [3.63, 3.8) is 0 Å². The monoisotopic (exact) mass is 304 g/mol. The van der Waals surface area contributed by atoms with Crippen LogP contribution in [-0.2, 0) is 6.54 Å². The predicted octanol–water partition coefficient (Wildman–Crippen LogP) is 4.98. The van der Waals surface area contributed by atoms with Gasteiger partial charge in [-0.05, 0) is 29.2 Å². The molecule has 0 fully saturated rings.